The SMILES string of the molecule is CC.CS(=O)(=O)c1ccccc1.C[C@@H]1CC(S(=O)(=O)c2ccccc2)C[C@@H](C)N1Cc1ccccc1.C[C@@H]1CCC[C@@H](C)N1.C[C@@H]1CCC[C@@H](C)N1Cc1ccccc1.C[C@@H]1CCC[C@@H](C)N1c1ccc([N+](=O)[O-])nc1.C[C@H](O)CC(C[C@H](C)O)S(=O)(=O)c1ccccc1.C[C@H]1CO1.Cc1ccc(S(=O)(=O)O[C@@H](C)CC(CC(C)C)S(=O)(=O)c2ccccc2)cc1.Cl.O=[N+]([O-])c1ccc(F)cn1. The van der Waals surface area contributed by atoms with Crippen LogP contribution < -0.4 is 10.2 Å². The predicted octanol–water partition coefficient (Wildman–Crippen LogP) is 21.5. The molecule has 5 saturated heterocycles. The van der Waals surface area contributed by atoms with Crippen LogP contribution in [-0.2, 0) is 71.5 Å². The van der Waals surface area contributed by atoms with Crippen molar-refractivity contribution in [1.29, 1.82) is 0 Å². The van der Waals surface area contributed by atoms with Gasteiger partial charge in [-0.15, -0.1) is 12.4 Å². The summed E-state index contributed by atoms with van der Waals surface area (Å²) < 4.78 is 146. The average molecular weight is 2020 g/mol. The van der Waals surface area contributed by atoms with E-state index in [1.807, 2.05) is 46.8 Å². The van der Waals surface area contributed by atoms with Crippen molar-refractivity contribution in [2.24, 2.45) is 5.92 Å². The van der Waals surface area contributed by atoms with Gasteiger partial charge in [-0.2, -0.15) is 8.42 Å². The maximum absolute atomic E-state index is 13.1. The number of piperidine rings is 4. The first kappa shape index (κ1) is 120. The molecule has 758 valence electrons. The van der Waals surface area contributed by atoms with E-state index in [0.717, 1.165) is 73.4 Å². The average Bonchev–Trinajstić information content (AvgIpc) is 0.861. The zero-order chi connectivity index (χ0) is 101. The number of aryl methyl sites for hydroxylation is 1. The summed E-state index contributed by atoms with van der Waals surface area (Å²) >= 11 is 0. The summed E-state index contributed by atoms with van der Waals surface area (Å²) in [5.41, 5.74) is 4.65. The first-order chi connectivity index (χ1) is 64.2. The van der Waals surface area contributed by atoms with E-state index in [2.05, 4.69) is 147 Å². The highest BCUT2D eigenvalue weighted by molar-refractivity contribution is 7.92. The van der Waals surface area contributed by atoms with Gasteiger partial charge in [0.15, 0.2) is 57.6 Å². The highest BCUT2D eigenvalue weighted by atomic mass is 35.5. The van der Waals surface area contributed by atoms with Crippen LogP contribution in [0.4, 0.5) is 21.7 Å². The number of nitrogens with one attached hydrogen (secondary N) is 1. The molecule has 3 N–H and O–H groups in total. The number of ether oxygens (including phenoxy) is 1. The standard InChI is InChI=1S/C21H28O5S2.C20H25NO2S.C14H21N.C13H20O4S.C12H17N3O2.C7H15N.C7H8O2S.C5H3FN2O2.C3H6O.C2H6.ClH/c1-16(2)14-21(27(22,23)19-8-6-5-7-9-19)15-18(4)26-28(24,25)20-12-10-17(3)11-13-20;1-16-13-20(24(22,23)19-11-7-4-8-12-19)14-17(2)21(16)15-18-9-5-3-6-10-18;1-12-7-6-8-13(2)15(12)11-14-9-4-3-5-10-14;1-10(14)8-13(9-11(2)15)18(16,17)12-6-4-3-5-7-12;1-9-4-3-5-10(2)14(9)11-6-7-12(13-8-11)15(16)17;1-6-4-3-5-7(2)8-6;1-10(8,9)7-5-3-2-4-6-7;6-4-1-2-5(7-3-4)8(9)10;1-3-2-4-3;1-2;/h5-13,16,18,21H,14-15H2,1-4H3;3-12,16-17,20H,13-15H2,1-2H3;3-5,9-10,12-13H,6-8,11H2,1-2H3;3-7,10-11,13-15H,8-9H2,1-2H3;6-10H,3-5H2,1-2H3;6-8H,3-5H2,1-2H3;2-6H,1H3;1-3H;3H,2H2,1H3;1-2H3;1H/t18-,21?;16-,17-;12-,13-;10-,11-;9-,10-;6-,7-;;;3-;;/m011011..0../s1. The summed E-state index contributed by atoms with van der Waals surface area (Å²) in [5.74, 6) is -0.873. The third kappa shape index (κ3) is 43.0. The van der Waals surface area contributed by atoms with Crippen LogP contribution >= 0.6 is 12.4 Å². The number of aromatic nitrogens is 2. The van der Waals surface area contributed by atoms with E-state index < -0.39 is 93.9 Å². The molecule has 7 heterocycles. The van der Waals surface area contributed by atoms with Gasteiger partial charge in [0.2, 0.25) is 0 Å². The van der Waals surface area contributed by atoms with Crippen molar-refractivity contribution in [3.63, 3.8) is 0 Å². The molecule has 14 rings (SSSR count). The van der Waals surface area contributed by atoms with Crippen LogP contribution in [-0.4, -0.2) is 183 Å². The molecule has 0 spiro atoms. The Morgan fingerprint density at radius 2 is 0.810 bits per heavy atom. The summed E-state index contributed by atoms with van der Waals surface area (Å²) in [5, 5.41) is 41.0. The molecule has 5 aliphatic heterocycles. The number of hydrogen-bond acceptors (Lipinski definition) is 24. The Kier molecular flexibility index (Phi) is 53.0. The molecule has 26 nitrogen and oxygen atoms in total. The van der Waals surface area contributed by atoms with Gasteiger partial charge in [-0.3, -0.25) is 14.0 Å². The molecule has 0 amide bonds. The van der Waals surface area contributed by atoms with Crippen LogP contribution in [0.3, 0.4) is 0 Å². The highest BCUT2D eigenvalue weighted by Gasteiger charge is 2.39. The lowest BCUT2D eigenvalue weighted by Gasteiger charge is -2.42. The smallest absolute Gasteiger partial charge is 0.363 e. The highest BCUT2D eigenvalue weighted by Crippen LogP contribution is 2.35. The van der Waals surface area contributed by atoms with Gasteiger partial charge in [0.25, 0.3) is 10.1 Å². The number of pyridine rings is 2. The second-order valence-corrected chi connectivity index (χ2v) is 46.4. The maximum atomic E-state index is 13.1. The number of hydrogen-bond donors (Lipinski definition) is 3. The second kappa shape index (κ2) is 60.3. The first-order valence-electron chi connectivity index (χ1n) is 47.3. The largest absolute Gasteiger partial charge is 0.393 e. The van der Waals surface area contributed by atoms with Crippen LogP contribution in [0.2, 0.25) is 0 Å². The van der Waals surface area contributed by atoms with E-state index in [1.165, 1.54) is 106 Å². The minimum absolute atomic E-state index is 0. The van der Waals surface area contributed by atoms with Crippen molar-refractivity contribution >= 4 is 79.2 Å². The van der Waals surface area contributed by atoms with E-state index >= 15 is 0 Å². The zero-order valence-corrected chi connectivity index (χ0v) is 87.8. The summed E-state index contributed by atoms with van der Waals surface area (Å²) in [4.78, 5) is 35.1. The molecule has 5 fully saturated rings. The molecule has 137 heavy (non-hydrogen) atoms. The molecule has 2 aromatic heterocycles. The third-order valence-electron chi connectivity index (χ3n) is 23.6. The Morgan fingerprint density at radius 1 is 0.460 bits per heavy atom. The Morgan fingerprint density at radius 3 is 1.14 bits per heavy atom. The number of nitro groups is 2. The quantitative estimate of drug-likeness (QED) is 0.0207. The first-order valence-corrected chi connectivity index (χ1v) is 55.2. The number of halogens is 2. The van der Waals surface area contributed by atoms with Crippen LogP contribution in [0, 0.1) is 38.9 Å². The summed E-state index contributed by atoms with van der Waals surface area (Å²) in [7, 11) is -17.3. The number of benzene rings is 7. The van der Waals surface area contributed by atoms with Gasteiger partial charge in [0, 0.05) is 79.8 Å². The van der Waals surface area contributed by atoms with Crippen LogP contribution in [0.5, 0.6) is 0 Å². The molecule has 0 aliphatic carbocycles. The monoisotopic (exact) mass is 2010 g/mol. The molecular formula is C104H150ClFN8O18S5. The fourth-order valence-corrected chi connectivity index (χ4v) is 24.3. The number of nitrogens with zero attached hydrogens (tertiary/aromatic N) is 7. The molecule has 0 radical (unpaired) electrons. The number of anilines is 1. The van der Waals surface area contributed by atoms with E-state index in [4.69, 9.17) is 8.92 Å². The van der Waals surface area contributed by atoms with Gasteiger partial charge >= 0.3 is 11.6 Å². The molecular weight excluding hydrogens is 1860 g/mol. The van der Waals surface area contributed by atoms with Crippen molar-refractivity contribution in [3.05, 3.63) is 286 Å². The summed E-state index contributed by atoms with van der Waals surface area (Å²) in [6.07, 6.45) is 16.0. The van der Waals surface area contributed by atoms with Gasteiger partial charge in [-0.25, -0.2) is 38.1 Å². The number of sulfone groups is 4. The van der Waals surface area contributed by atoms with Gasteiger partial charge in [-0.05, 0) is 283 Å². The van der Waals surface area contributed by atoms with E-state index in [-0.39, 0.29) is 81.2 Å². The Hall–Kier alpha value is -8.87. The summed E-state index contributed by atoms with van der Waals surface area (Å²) in [6.45, 7) is 37.4. The van der Waals surface area contributed by atoms with Crippen LogP contribution in [0.1, 0.15) is 224 Å². The Labute approximate surface area is 823 Å². The number of aliphatic hydroxyl groups excluding tert-OH is 2. The van der Waals surface area contributed by atoms with E-state index in [9.17, 15) is 76.9 Å². The molecule has 9 aromatic rings. The molecule has 7 aromatic carbocycles. The van der Waals surface area contributed by atoms with Crippen molar-refractivity contribution in [2.75, 3.05) is 17.8 Å². The molecule has 0 saturated carbocycles. The topological polar surface area (TPSA) is 367 Å². The zero-order valence-electron chi connectivity index (χ0n) is 82.9. The second-order valence-electron chi connectivity index (χ2n) is 36.2. The van der Waals surface area contributed by atoms with Gasteiger partial charge in [-0.1, -0.05) is 192 Å². The Balaban J connectivity index is 0.000000332. The lowest BCUT2D eigenvalue weighted by atomic mass is 9.96. The normalized spacial score (nSPS) is 20.7. The number of rotatable bonds is 25. The predicted molar refractivity (Wildman–Crippen MR) is 549 cm³/mol. The Bertz CT molecular complexity index is 5470. The number of epoxide rings is 1. The van der Waals surface area contributed by atoms with Crippen molar-refractivity contribution in [2.45, 2.75) is 340 Å². The summed E-state index contributed by atoms with van der Waals surface area (Å²) in [6, 6.07) is 70.9. The van der Waals surface area contributed by atoms with E-state index in [0.29, 0.717) is 47.2 Å². The maximum Gasteiger partial charge on any atom is 0.363 e. The fraction of sp³-hybridized carbons (Fsp3) is 0.500. The molecule has 0 bridgehead atoms. The molecule has 13 atom stereocenters. The number of likely N-dealkylation sites (tertiary alicyclic amines) is 2. The lowest BCUT2D eigenvalue weighted by molar-refractivity contribution is -0.389. The minimum atomic E-state index is -3.96. The van der Waals surface area contributed by atoms with E-state index in [1.54, 1.807) is 148 Å². The third-order valence-corrected chi connectivity index (χ3v) is 32.8. The lowest BCUT2D eigenvalue weighted by Crippen LogP contribution is -2.49. The van der Waals surface area contributed by atoms with Crippen LogP contribution in [0.15, 0.2) is 267 Å². The fourth-order valence-electron chi connectivity index (χ4n) is 16.5. The molecule has 5 aliphatic rings. The van der Waals surface area contributed by atoms with Crippen molar-refractivity contribution in [1.82, 2.24) is 25.1 Å². The molecule has 33 heteroatoms. The molecule has 1 unspecified atom stereocenters. The van der Waals surface area contributed by atoms with Gasteiger partial charge in [0.1, 0.15) is 0 Å². The van der Waals surface area contributed by atoms with Gasteiger partial charge < -0.3 is 45.4 Å². The van der Waals surface area contributed by atoms with Gasteiger partial charge in [0.05, 0.1) is 76.9 Å². The minimum Gasteiger partial charge on any atom is -0.393 e. The van der Waals surface area contributed by atoms with Crippen molar-refractivity contribution < 1.29 is 75.5 Å². The number of aliphatic hydroxyl groups is 2. The van der Waals surface area contributed by atoms with Crippen molar-refractivity contribution in [3.8, 4) is 0 Å². The van der Waals surface area contributed by atoms with Crippen LogP contribution in [0.25, 0.3) is 0 Å².